The van der Waals surface area contributed by atoms with E-state index >= 15 is 0 Å². The van der Waals surface area contributed by atoms with E-state index in [0.29, 0.717) is 34.8 Å². The normalized spacial score (nSPS) is 11.6. The topological polar surface area (TPSA) is 42.7 Å². The molecular formula is C19H19F3N4. The Morgan fingerprint density at radius 2 is 1.77 bits per heavy atom. The summed E-state index contributed by atoms with van der Waals surface area (Å²) in [7, 11) is 3.57. The number of aryl methyl sites for hydroxylation is 1. The number of rotatable bonds is 4. The second-order valence-electron chi connectivity index (χ2n) is 5.92. The van der Waals surface area contributed by atoms with Crippen molar-refractivity contribution in [2.45, 2.75) is 19.5 Å². The number of halogens is 3. The average Bonchev–Trinajstić information content (AvgIpc) is 3.02. The molecule has 0 amide bonds. The Hall–Kier alpha value is -2.83. The van der Waals surface area contributed by atoms with Crippen molar-refractivity contribution >= 4 is 5.82 Å². The van der Waals surface area contributed by atoms with Crippen molar-refractivity contribution < 1.29 is 13.2 Å². The third-order valence-corrected chi connectivity index (χ3v) is 4.40. The SMILES string of the molecule is CCc1ccc(-c2ccc(-c3cc(NC)ncn3)n2C)cc1C(F)(F)F. The number of nitrogens with zero attached hydrogens (tertiary/aromatic N) is 3. The van der Waals surface area contributed by atoms with Gasteiger partial charge in [0.25, 0.3) is 0 Å². The predicted molar refractivity (Wildman–Crippen MR) is 95.8 cm³/mol. The summed E-state index contributed by atoms with van der Waals surface area (Å²) in [5, 5.41) is 2.95. The Bertz CT molecular complexity index is 929. The van der Waals surface area contributed by atoms with E-state index in [1.54, 1.807) is 38.2 Å². The molecule has 0 atom stereocenters. The number of hydrogen-bond acceptors (Lipinski definition) is 3. The summed E-state index contributed by atoms with van der Waals surface area (Å²) in [5.41, 5.74) is 2.42. The second-order valence-corrected chi connectivity index (χ2v) is 5.92. The molecule has 0 saturated carbocycles. The van der Waals surface area contributed by atoms with Gasteiger partial charge in [-0.2, -0.15) is 13.2 Å². The van der Waals surface area contributed by atoms with Crippen molar-refractivity contribution in [1.82, 2.24) is 14.5 Å². The molecule has 0 aliphatic rings. The first kappa shape index (κ1) is 18.0. The fraction of sp³-hybridized carbons (Fsp3) is 0.263. The zero-order chi connectivity index (χ0) is 18.9. The van der Waals surface area contributed by atoms with Gasteiger partial charge < -0.3 is 9.88 Å². The minimum absolute atomic E-state index is 0.296. The van der Waals surface area contributed by atoms with Gasteiger partial charge in [0, 0.05) is 25.9 Å². The molecule has 0 radical (unpaired) electrons. The highest BCUT2D eigenvalue weighted by atomic mass is 19.4. The van der Waals surface area contributed by atoms with Crippen LogP contribution in [0.15, 0.2) is 42.7 Å². The van der Waals surface area contributed by atoms with Crippen molar-refractivity contribution in [2.75, 3.05) is 12.4 Å². The van der Waals surface area contributed by atoms with Gasteiger partial charge in [-0.1, -0.05) is 19.1 Å². The zero-order valence-electron chi connectivity index (χ0n) is 14.7. The van der Waals surface area contributed by atoms with Gasteiger partial charge in [-0.15, -0.1) is 0 Å². The summed E-state index contributed by atoms with van der Waals surface area (Å²) in [5.74, 6) is 0.671. The van der Waals surface area contributed by atoms with Gasteiger partial charge in [-0.3, -0.25) is 0 Å². The lowest BCUT2D eigenvalue weighted by atomic mass is 10.00. The van der Waals surface area contributed by atoms with Crippen LogP contribution in [0, 0.1) is 0 Å². The molecule has 0 unspecified atom stereocenters. The van der Waals surface area contributed by atoms with Crippen LogP contribution in [-0.2, 0) is 19.6 Å². The highest BCUT2D eigenvalue weighted by Crippen LogP contribution is 2.36. The summed E-state index contributed by atoms with van der Waals surface area (Å²) >= 11 is 0. The summed E-state index contributed by atoms with van der Waals surface area (Å²) < 4.78 is 41.9. The van der Waals surface area contributed by atoms with Crippen molar-refractivity contribution in [2.24, 2.45) is 7.05 Å². The number of anilines is 1. The van der Waals surface area contributed by atoms with Crippen LogP contribution in [-0.4, -0.2) is 21.6 Å². The molecule has 0 aliphatic heterocycles. The number of aromatic nitrogens is 3. The number of benzene rings is 1. The lowest BCUT2D eigenvalue weighted by Gasteiger charge is -2.14. The van der Waals surface area contributed by atoms with Crippen LogP contribution in [0.2, 0.25) is 0 Å². The average molecular weight is 360 g/mol. The van der Waals surface area contributed by atoms with Gasteiger partial charge in [0.15, 0.2) is 0 Å². The number of hydrogen-bond donors (Lipinski definition) is 1. The zero-order valence-corrected chi connectivity index (χ0v) is 14.7. The van der Waals surface area contributed by atoms with E-state index in [2.05, 4.69) is 15.3 Å². The van der Waals surface area contributed by atoms with E-state index in [0.717, 1.165) is 5.69 Å². The molecule has 4 nitrogen and oxygen atoms in total. The minimum Gasteiger partial charge on any atom is -0.373 e. The standard InChI is InChI=1S/C19H19F3N4/c1-4-12-5-6-13(9-14(12)19(20,21)22)16-7-8-17(26(16)3)15-10-18(23-2)25-11-24-15/h5-11H,4H2,1-3H3,(H,23,24,25). The molecule has 136 valence electrons. The molecule has 1 aromatic carbocycles. The van der Waals surface area contributed by atoms with E-state index < -0.39 is 11.7 Å². The molecule has 2 aromatic heterocycles. The van der Waals surface area contributed by atoms with Crippen molar-refractivity contribution in [1.29, 1.82) is 0 Å². The van der Waals surface area contributed by atoms with E-state index in [4.69, 9.17) is 0 Å². The van der Waals surface area contributed by atoms with Crippen molar-refractivity contribution in [3.8, 4) is 22.6 Å². The van der Waals surface area contributed by atoms with Crippen LogP contribution >= 0.6 is 0 Å². The van der Waals surface area contributed by atoms with Crippen LogP contribution in [0.25, 0.3) is 22.6 Å². The van der Waals surface area contributed by atoms with Crippen LogP contribution in [0.4, 0.5) is 19.0 Å². The first-order valence-corrected chi connectivity index (χ1v) is 8.21. The maximum Gasteiger partial charge on any atom is 0.416 e. The molecule has 7 heteroatoms. The van der Waals surface area contributed by atoms with Crippen molar-refractivity contribution in [3.63, 3.8) is 0 Å². The molecular weight excluding hydrogens is 341 g/mol. The smallest absolute Gasteiger partial charge is 0.373 e. The maximum absolute atomic E-state index is 13.4. The minimum atomic E-state index is -4.37. The lowest BCUT2D eigenvalue weighted by Crippen LogP contribution is -2.09. The Kier molecular flexibility index (Phi) is 4.71. The van der Waals surface area contributed by atoms with Crippen molar-refractivity contribution in [3.05, 3.63) is 53.9 Å². The second kappa shape index (κ2) is 6.82. The quantitative estimate of drug-likeness (QED) is 0.729. The van der Waals surface area contributed by atoms with E-state index in [-0.39, 0.29) is 0 Å². The molecule has 0 saturated heterocycles. The van der Waals surface area contributed by atoms with Crippen LogP contribution in [0.3, 0.4) is 0 Å². The van der Waals surface area contributed by atoms with E-state index in [9.17, 15) is 13.2 Å². The van der Waals surface area contributed by atoms with Gasteiger partial charge in [0.05, 0.1) is 17.0 Å². The molecule has 2 heterocycles. The number of alkyl halides is 3. The van der Waals surface area contributed by atoms with E-state index in [1.807, 2.05) is 17.7 Å². The third kappa shape index (κ3) is 3.29. The Morgan fingerprint density at radius 3 is 2.42 bits per heavy atom. The van der Waals surface area contributed by atoms with Crippen LogP contribution in [0.1, 0.15) is 18.1 Å². The summed E-state index contributed by atoms with van der Waals surface area (Å²) in [6.07, 6.45) is -2.59. The third-order valence-electron chi connectivity index (χ3n) is 4.40. The Balaban J connectivity index is 2.08. The van der Waals surface area contributed by atoms with Crippen LogP contribution < -0.4 is 5.32 Å². The molecule has 0 fully saturated rings. The first-order valence-electron chi connectivity index (χ1n) is 8.21. The Labute approximate surface area is 149 Å². The fourth-order valence-corrected chi connectivity index (χ4v) is 3.00. The fourth-order valence-electron chi connectivity index (χ4n) is 3.00. The lowest BCUT2D eigenvalue weighted by molar-refractivity contribution is -0.138. The monoisotopic (exact) mass is 360 g/mol. The molecule has 3 aromatic rings. The number of nitrogens with one attached hydrogen (secondary N) is 1. The molecule has 3 rings (SSSR count). The molecule has 1 N–H and O–H groups in total. The summed E-state index contributed by atoms with van der Waals surface area (Å²) in [6, 6.07) is 9.94. The van der Waals surface area contributed by atoms with Gasteiger partial charge in [-0.25, -0.2) is 9.97 Å². The predicted octanol–water partition coefficient (Wildman–Crippen LogP) is 4.77. The molecule has 0 aliphatic carbocycles. The van der Waals surface area contributed by atoms with Gasteiger partial charge in [-0.05, 0) is 35.7 Å². The summed E-state index contributed by atoms with van der Waals surface area (Å²) in [6.45, 7) is 1.72. The highest BCUT2D eigenvalue weighted by Gasteiger charge is 2.33. The van der Waals surface area contributed by atoms with Gasteiger partial charge >= 0.3 is 6.18 Å². The summed E-state index contributed by atoms with van der Waals surface area (Å²) in [4.78, 5) is 8.34. The highest BCUT2D eigenvalue weighted by molar-refractivity contribution is 5.69. The Morgan fingerprint density at radius 1 is 1.04 bits per heavy atom. The maximum atomic E-state index is 13.4. The largest absolute Gasteiger partial charge is 0.416 e. The molecule has 0 bridgehead atoms. The van der Waals surface area contributed by atoms with E-state index in [1.165, 1.54) is 12.4 Å². The molecule has 26 heavy (non-hydrogen) atoms. The van der Waals surface area contributed by atoms with Gasteiger partial charge in [0.1, 0.15) is 12.1 Å². The molecule has 0 spiro atoms. The van der Waals surface area contributed by atoms with Crippen LogP contribution in [0.5, 0.6) is 0 Å². The first-order chi connectivity index (χ1) is 12.3. The van der Waals surface area contributed by atoms with Gasteiger partial charge in [0.2, 0.25) is 0 Å².